The average Bonchev–Trinajstić information content (AvgIpc) is 3.16. The van der Waals surface area contributed by atoms with E-state index >= 15 is 0 Å². The van der Waals surface area contributed by atoms with E-state index in [1.165, 1.54) is 16.7 Å². The Balaban J connectivity index is 1.70. The minimum absolute atomic E-state index is 0.00644. The van der Waals surface area contributed by atoms with E-state index < -0.39 is 0 Å². The predicted octanol–water partition coefficient (Wildman–Crippen LogP) is 4.56. The number of carbonyl (C=O) groups excluding carboxylic acids is 1. The number of anilines is 1. The van der Waals surface area contributed by atoms with Crippen molar-refractivity contribution in [2.24, 2.45) is 0 Å². The quantitative estimate of drug-likeness (QED) is 0.882. The Kier molecular flexibility index (Phi) is 3.97. The van der Waals surface area contributed by atoms with E-state index in [1.807, 2.05) is 23.1 Å². The van der Waals surface area contributed by atoms with E-state index in [9.17, 15) is 4.79 Å². The first-order chi connectivity index (χ1) is 10.1. The van der Waals surface area contributed by atoms with Crippen LogP contribution in [-0.2, 0) is 6.54 Å². The Labute approximate surface area is 129 Å². The summed E-state index contributed by atoms with van der Waals surface area (Å²) in [6.07, 6.45) is 2.23. The zero-order valence-corrected chi connectivity index (χ0v) is 13.2. The first-order valence-electron chi connectivity index (χ1n) is 7.29. The predicted molar refractivity (Wildman–Crippen MR) is 87.8 cm³/mol. The van der Waals surface area contributed by atoms with E-state index in [-0.39, 0.29) is 6.03 Å². The van der Waals surface area contributed by atoms with Crippen molar-refractivity contribution in [2.45, 2.75) is 39.3 Å². The van der Waals surface area contributed by atoms with Crippen molar-refractivity contribution in [3.63, 3.8) is 0 Å². The molecule has 1 saturated carbocycles. The lowest BCUT2D eigenvalue weighted by molar-refractivity contribution is 0.206. The maximum absolute atomic E-state index is 12.5. The van der Waals surface area contributed by atoms with E-state index in [2.05, 4.69) is 36.0 Å². The molecule has 0 saturated heterocycles. The Bertz CT molecular complexity index is 632. The first-order valence-corrected chi connectivity index (χ1v) is 8.24. The van der Waals surface area contributed by atoms with Crippen molar-refractivity contribution in [2.75, 3.05) is 5.32 Å². The third-order valence-corrected chi connectivity index (χ3v) is 4.67. The Morgan fingerprint density at radius 2 is 2.10 bits per heavy atom. The van der Waals surface area contributed by atoms with Crippen molar-refractivity contribution < 1.29 is 4.79 Å². The van der Waals surface area contributed by atoms with Gasteiger partial charge in [-0.2, -0.15) is 11.3 Å². The van der Waals surface area contributed by atoms with Crippen LogP contribution in [0.2, 0.25) is 0 Å². The molecule has 2 aromatic rings. The largest absolute Gasteiger partial charge is 0.322 e. The standard InChI is InChI=1S/C17H20N2OS/c1-12-3-4-15(9-13(12)2)18-17(20)19(16-5-6-16)10-14-7-8-21-11-14/h3-4,7-9,11,16H,5-6,10H2,1-2H3,(H,18,20). The van der Waals surface area contributed by atoms with Gasteiger partial charge in [0.2, 0.25) is 0 Å². The van der Waals surface area contributed by atoms with Crippen LogP contribution in [0.5, 0.6) is 0 Å². The number of hydrogen-bond acceptors (Lipinski definition) is 2. The van der Waals surface area contributed by atoms with E-state index in [0.29, 0.717) is 12.6 Å². The number of thiophene rings is 1. The molecule has 3 rings (SSSR count). The Morgan fingerprint density at radius 1 is 1.29 bits per heavy atom. The SMILES string of the molecule is Cc1ccc(NC(=O)N(Cc2ccsc2)C2CC2)cc1C. The van der Waals surface area contributed by atoms with Crippen LogP contribution in [0.25, 0.3) is 0 Å². The van der Waals surface area contributed by atoms with Crippen LogP contribution in [0.1, 0.15) is 29.5 Å². The van der Waals surface area contributed by atoms with Crippen molar-refractivity contribution in [3.8, 4) is 0 Å². The van der Waals surface area contributed by atoms with Gasteiger partial charge in [0, 0.05) is 18.3 Å². The van der Waals surface area contributed by atoms with E-state index in [0.717, 1.165) is 18.5 Å². The highest BCUT2D eigenvalue weighted by Crippen LogP contribution is 2.29. The summed E-state index contributed by atoms with van der Waals surface area (Å²) in [5, 5.41) is 7.20. The highest BCUT2D eigenvalue weighted by molar-refractivity contribution is 7.07. The molecular weight excluding hydrogens is 280 g/mol. The summed E-state index contributed by atoms with van der Waals surface area (Å²) in [4.78, 5) is 14.5. The summed E-state index contributed by atoms with van der Waals surface area (Å²) >= 11 is 1.67. The second-order valence-corrected chi connectivity index (χ2v) is 6.50. The minimum Gasteiger partial charge on any atom is -0.317 e. The fourth-order valence-electron chi connectivity index (χ4n) is 2.35. The van der Waals surface area contributed by atoms with Crippen LogP contribution in [-0.4, -0.2) is 17.0 Å². The van der Waals surface area contributed by atoms with Crippen molar-refractivity contribution in [3.05, 3.63) is 51.7 Å². The molecule has 2 amide bonds. The molecule has 1 aliphatic carbocycles. The lowest BCUT2D eigenvalue weighted by Crippen LogP contribution is -2.36. The molecular formula is C17H20N2OS. The molecule has 110 valence electrons. The van der Waals surface area contributed by atoms with Crippen LogP contribution in [0.4, 0.5) is 10.5 Å². The smallest absolute Gasteiger partial charge is 0.317 e. The molecule has 1 fully saturated rings. The molecule has 0 bridgehead atoms. The lowest BCUT2D eigenvalue weighted by atomic mass is 10.1. The zero-order valence-electron chi connectivity index (χ0n) is 12.4. The molecule has 1 heterocycles. The highest BCUT2D eigenvalue weighted by Gasteiger charge is 2.32. The van der Waals surface area contributed by atoms with Crippen LogP contribution in [0.3, 0.4) is 0 Å². The molecule has 0 aliphatic heterocycles. The average molecular weight is 300 g/mol. The summed E-state index contributed by atoms with van der Waals surface area (Å²) in [5.74, 6) is 0. The molecule has 4 heteroatoms. The topological polar surface area (TPSA) is 32.3 Å². The van der Waals surface area contributed by atoms with Crippen LogP contribution in [0.15, 0.2) is 35.0 Å². The van der Waals surface area contributed by atoms with E-state index in [1.54, 1.807) is 11.3 Å². The van der Waals surface area contributed by atoms with Gasteiger partial charge in [0.1, 0.15) is 0 Å². The van der Waals surface area contributed by atoms with Crippen molar-refractivity contribution in [1.82, 2.24) is 4.90 Å². The normalized spacial score (nSPS) is 14.0. The number of benzene rings is 1. The van der Waals surface area contributed by atoms with Gasteiger partial charge in [-0.15, -0.1) is 0 Å². The van der Waals surface area contributed by atoms with Gasteiger partial charge >= 0.3 is 6.03 Å². The second-order valence-electron chi connectivity index (χ2n) is 5.72. The molecule has 0 unspecified atom stereocenters. The molecule has 0 radical (unpaired) electrons. The number of hydrogen-bond donors (Lipinski definition) is 1. The molecule has 1 aromatic heterocycles. The summed E-state index contributed by atoms with van der Waals surface area (Å²) in [7, 11) is 0. The molecule has 0 atom stereocenters. The van der Waals surface area contributed by atoms with Crippen LogP contribution >= 0.6 is 11.3 Å². The van der Waals surface area contributed by atoms with Gasteiger partial charge in [0.15, 0.2) is 0 Å². The molecule has 21 heavy (non-hydrogen) atoms. The number of nitrogens with zero attached hydrogens (tertiary/aromatic N) is 1. The third-order valence-electron chi connectivity index (χ3n) is 3.94. The van der Waals surface area contributed by atoms with Gasteiger partial charge < -0.3 is 10.2 Å². The molecule has 1 aliphatic rings. The minimum atomic E-state index is 0.00644. The first kappa shape index (κ1) is 14.1. The van der Waals surface area contributed by atoms with Gasteiger partial charge in [0.05, 0.1) is 0 Å². The number of aryl methyl sites for hydroxylation is 2. The lowest BCUT2D eigenvalue weighted by Gasteiger charge is -2.22. The van der Waals surface area contributed by atoms with Gasteiger partial charge in [-0.05, 0) is 72.3 Å². The summed E-state index contributed by atoms with van der Waals surface area (Å²) in [5.41, 5.74) is 4.52. The number of urea groups is 1. The maximum Gasteiger partial charge on any atom is 0.322 e. The van der Waals surface area contributed by atoms with E-state index in [4.69, 9.17) is 0 Å². The molecule has 0 spiro atoms. The summed E-state index contributed by atoms with van der Waals surface area (Å²) < 4.78 is 0. The molecule has 1 N–H and O–H groups in total. The van der Waals surface area contributed by atoms with Gasteiger partial charge in [-0.25, -0.2) is 4.79 Å². The second kappa shape index (κ2) is 5.90. The van der Waals surface area contributed by atoms with Crippen LogP contribution in [0, 0.1) is 13.8 Å². The fourth-order valence-corrected chi connectivity index (χ4v) is 3.01. The number of carbonyl (C=O) groups is 1. The maximum atomic E-state index is 12.5. The molecule has 3 nitrogen and oxygen atoms in total. The number of amides is 2. The van der Waals surface area contributed by atoms with Gasteiger partial charge in [-0.3, -0.25) is 0 Å². The zero-order chi connectivity index (χ0) is 14.8. The Hall–Kier alpha value is -1.81. The highest BCUT2D eigenvalue weighted by atomic mass is 32.1. The van der Waals surface area contributed by atoms with Crippen molar-refractivity contribution >= 4 is 23.1 Å². The Morgan fingerprint density at radius 3 is 2.71 bits per heavy atom. The summed E-state index contributed by atoms with van der Waals surface area (Å²) in [6.45, 7) is 4.84. The molecule has 1 aromatic carbocycles. The number of rotatable bonds is 4. The fraction of sp³-hybridized carbons (Fsp3) is 0.353. The number of nitrogens with one attached hydrogen (secondary N) is 1. The summed E-state index contributed by atoms with van der Waals surface area (Å²) in [6, 6.07) is 8.54. The van der Waals surface area contributed by atoms with Gasteiger partial charge in [0.25, 0.3) is 0 Å². The van der Waals surface area contributed by atoms with Crippen LogP contribution < -0.4 is 5.32 Å². The van der Waals surface area contributed by atoms with Gasteiger partial charge in [-0.1, -0.05) is 6.07 Å². The van der Waals surface area contributed by atoms with Crippen molar-refractivity contribution in [1.29, 1.82) is 0 Å². The monoisotopic (exact) mass is 300 g/mol. The third kappa shape index (κ3) is 3.45.